The number of carboxylic acid groups (broad SMARTS) is 1. The van der Waals surface area contributed by atoms with Crippen molar-refractivity contribution in [2.75, 3.05) is 13.2 Å². The van der Waals surface area contributed by atoms with Gasteiger partial charge in [-0.25, -0.2) is 9.78 Å². The summed E-state index contributed by atoms with van der Waals surface area (Å²) in [6, 6.07) is 8.13. The summed E-state index contributed by atoms with van der Waals surface area (Å²) in [7, 11) is 0. The van der Waals surface area contributed by atoms with Gasteiger partial charge in [0.15, 0.2) is 0 Å². The number of rotatable bonds is 9. The van der Waals surface area contributed by atoms with Crippen LogP contribution in [0.5, 0.6) is 5.88 Å². The molecule has 0 saturated heterocycles. The van der Waals surface area contributed by atoms with E-state index in [1.807, 2.05) is 0 Å². The van der Waals surface area contributed by atoms with Crippen LogP contribution in [0, 0.1) is 6.92 Å². The zero-order valence-corrected chi connectivity index (χ0v) is 16.2. The molecule has 144 valence electrons. The first-order valence-corrected chi connectivity index (χ1v) is 9.20. The molecule has 0 spiro atoms. The Morgan fingerprint density at radius 3 is 2.59 bits per heavy atom. The number of aryl methyl sites for hydroxylation is 1. The molecule has 0 aliphatic rings. The van der Waals surface area contributed by atoms with E-state index in [1.54, 1.807) is 37.3 Å². The van der Waals surface area contributed by atoms with Gasteiger partial charge in [-0.05, 0) is 43.5 Å². The summed E-state index contributed by atoms with van der Waals surface area (Å²) in [5, 5.41) is 12.1. The van der Waals surface area contributed by atoms with Gasteiger partial charge in [0.25, 0.3) is 5.91 Å². The van der Waals surface area contributed by atoms with Gasteiger partial charge in [-0.1, -0.05) is 37.1 Å². The number of nitrogens with one attached hydrogen (secondary N) is 1. The Kier molecular flexibility index (Phi) is 7.61. The molecule has 6 nitrogen and oxygen atoms in total. The number of carbonyl (C=O) groups is 2. The van der Waals surface area contributed by atoms with E-state index in [0.717, 1.165) is 18.4 Å². The fourth-order valence-corrected chi connectivity index (χ4v) is 2.53. The summed E-state index contributed by atoms with van der Waals surface area (Å²) in [4.78, 5) is 27.7. The minimum Gasteiger partial charge on any atom is -0.478 e. The summed E-state index contributed by atoms with van der Waals surface area (Å²) in [6.07, 6.45) is 2.43. The third-order valence-electron chi connectivity index (χ3n) is 4.00. The van der Waals surface area contributed by atoms with Crippen LogP contribution in [0.1, 0.15) is 51.7 Å². The Hall–Kier alpha value is -2.60. The standard InChI is InChI=1S/C20H23ClN2O4/c1-3-4-11-27-19-16(12-17(21)13(2)23-19)18(24)22-10-9-14-5-7-15(8-6-14)20(25)26/h5-8,12H,3-4,9-11H2,1-2H3,(H,22,24)(H,25,26). The number of aromatic nitrogens is 1. The Bertz CT molecular complexity index is 806. The third-order valence-corrected chi connectivity index (χ3v) is 4.38. The maximum absolute atomic E-state index is 12.5. The largest absolute Gasteiger partial charge is 0.478 e. The predicted octanol–water partition coefficient (Wildman–Crippen LogP) is 3.89. The summed E-state index contributed by atoms with van der Waals surface area (Å²) in [6.45, 7) is 4.70. The van der Waals surface area contributed by atoms with E-state index in [1.165, 1.54) is 0 Å². The van der Waals surface area contributed by atoms with E-state index in [-0.39, 0.29) is 17.4 Å². The van der Waals surface area contributed by atoms with Gasteiger partial charge in [-0.15, -0.1) is 0 Å². The summed E-state index contributed by atoms with van der Waals surface area (Å²) < 4.78 is 5.65. The number of carboxylic acids is 1. The smallest absolute Gasteiger partial charge is 0.335 e. The fraction of sp³-hybridized carbons (Fsp3) is 0.350. The number of amides is 1. The van der Waals surface area contributed by atoms with E-state index in [0.29, 0.717) is 35.9 Å². The first kappa shape index (κ1) is 20.7. The Labute approximate surface area is 163 Å². The number of hydrogen-bond donors (Lipinski definition) is 2. The highest BCUT2D eigenvalue weighted by atomic mass is 35.5. The molecule has 0 aliphatic heterocycles. The van der Waals surface area contributed by atoms with E-state index < -0.39 is 5.97 Å². The van der Waals surface area contributed by atoms with Crippen LogP contribution >= 0.6 is 11.6 Å². The van der Waals surface area contributed by atoms with Crippen LogP contribution in [0.4, 0.5) is 0 Å². The molecule has 0 bridgehead atoms. The SMILES string of the molecule is CCCCOc1nc(C)c(Cl)cc1C(=O)NCCc1ccc(C(=O)O)cc1. The number of hydrogen-bond acceptors (Lipinski definition) is 4. The van der Waals surface area contributed by atoms with Gasteiger partial charge in [-0.2, -0.15) is 0 Å². The van der Waals surface area contributed by atoms with Crippen LogP contribution in [0.3, 0.4) is 0 Å². The van der Waals surface area contributed by atoms with Crippen molar-refractivity contribution in [2.24, 2.45) is 0 Å². The van der Waals surface area contributed by atoms with Gasteiger partial charge in [0.05, 0.1) is 22.9 Å². The highest BCUT2D eigenvalue weighted by Gasteiger charge is 2.16. The van der Waals surface area contributed by atoms with Crippen LogP contribution < -0.4 is 10.1 Å². The van der Waals surface area contributed by atoms with Gasteiger partial charge in [-0.3, -0.25) is 4.79 Å². The molecule has 0 radical (unpaired) electrons. The quantitative estimate of drug-likeness (QED) is 0.634. The Balaban J connectivity index is 2.00. The Morgan fingerprint density at radius 2 is 1.96 bits per heavy atom. The minimum absolute atomic E-state index is 0.233. The topological polar surface area (TPSA) is 88.5 Å². The number of nitrogens with zero attached hydrogens (tertiary/aromatic N) is 1. The molecule has 0 atom stereocenters. The lowest BCUT2D eigenvalue weighted by Crippen LogP contribution is -2.26. The summed E-state index contributed by atoms with van der Waals surface area (Å²) in [5.41, 5.74) is 2.08. The molecule has 0 saturated carbocycles. The number of aromatic carboxylic acids is 1. The average molecular weight is 391 g/mol. The lowest BCUT2D eigenvalue weighted by molar-refractivity contribution is 0.0696. The van der Waals surface area contributed by atoms with Gasteiger partial charge in [0, 0.05) is 6.54 Å². The van der Waals surface area contributed by atoms with Crippen LogP contribution in [0.2, 0.25) is 5.02 Å². The van der Waals surface area contributed by atoms with Gasteiger partial charge in [0.1, 0.15) is 5.56 Å². The van der Waals surface area contributed by atoms with Crippen LogP contribution in [0.25, 0.3) is 0 Å². The molecule has 1 aromatic heterocycles. The van der Waals surface area contributed by atoms with Crippen LogP contribution in [-0.4, -0.2) is 35.1 Å². The molecule has 7 heteroatoms. The first-order chi connectivity index (χ1) is 12.9. The fourth-order valence-electron chi connectivity index (χ4n) is 2.37. The van der Waals surface area contributed by atoms with Gasteiger partial charge >= 0.3 is 5.97 Å². The van der Waals surface area contributed by atoms with E-state index in [9.17, 15) is 9.59 Å². The predicted molar refractivity (Wildman–Crippen MR) is 104 cm³/mol. The van der Waals surface area contributed by atoms with Crippen molar-refractivity contribution in [3.8, 4) is 5.88 Å². The normalized spacial score (nSPS) is 10.5. The lowest BCUT2D eigenvalue weighted by atomic mass is 10.1. The maximum Gasteiger partial charge on any atom is 0.335 e. The number of pyridine rings is 1. The van der Waals surface area contributed by atoms with E-state index in [2.05, 4.69) is 17.2 Å². The first-order valence-electron chi connectivity index (χ1n) is 8.82. The number of unbranched alkanes of at least 4 members (excludes halogenated alkanes) is 1. The monoisotopic (exact) mass is 390 g/mol. The molecule has 1 amide bonds. The van der Waals surface area contributed by atoms with Crippen molar-refractivity contribution in [3.05, 3.63) is 57.7 Å². The summed E-state index contributed by atoms with van der Waals surface area (Å²) in [5.74, 6) is -0.985. The van der Waals surface area contributed by atoms with Crippen molar-refractivity contribution in [3.63, 3.8) is 0 Å². The molecule has 0 aliphatic carbocycles. The molecule has 0 unspecified atom stereocenters. The number of benzene rings is 1. The molecule has 1 heterocycles. The Morgan fingerprint density at radius 1 is 1.26 bits per heavy atom. The second kappa shape index (κ2) is 9.92. The molecular formula is C20H23ClN2O4. The molecule has 27 heavy (non-hydrogen) atoms. The molecule has 2 N–H and O–H groups in total. The molecule has 1 aromatic carbocycles. The zero-order valence-electron chi connectivity index (χ0n) is 15.4. The van der Waals surface area contributed by atoms with Crippen molar-refractivity contribution >= 4 is 23.5 Å². The van der Waals surface area contributed by atoms with Crippen molar-refractivity contribution in [1.29, 1.82) is 0 Å². The highest BCUT2D eigenvalue weighted by molar-refractivity contribution is 6.31. The van der Waals surface area contributed by atoms with Crippen LogP contribution in [0.15, 0.2) is 30.3 Å². The molecule has 2 rings (SSSR count). The maximum atomic E-state index is 12.5. The van der Waals surface area contributed by atoms with E-state index >= 15 is 0 Å². The van der Waals surface area contributed by atoms with Gasteiger partial charge in [0.2, 0.25) is 5.88 Å². The summed E-state index contributed by atoms with van der Waals surface area (Å²) >= 11 is 6.12. The zero-order chi connectivity index (χ0) is 19.8. The minimum atomic E-state index is -0.964. The second-order valence-corrected chi connectivity index (χ2v) is 6.53. The lowest BCUT2D eigenvalue weighted by Gasteiger charge is -2.12. The van der Waals surface area contributed by atoms with Crippen molar-refractivity contribution < 1.29 is 19.4 Å². The van der Waals surface area contributed by atoms with Crippen molar-refractivity contribution in [1.82, 2.24) is 10.3 Å². The number of carbonyl (C=O) groups excluding carboxylic acids is 1. The second-order valence-electron chi connectivity index (χ2n) is 6.12. The molecular weight excluding hydrogens is 368 g/mol. The average Bonchev–Trinajstić information content (AvgIpc) is 2.65. The van der Waals surface area contributed by atoms with Crippen molar-refractivity contribution in [2.45, 2.75) is 33.1 Å². The highest BCUT2D eigenvalue weighted by Crippen LogP contribution is 2.23. The van der Waals surface area contributed by atoms with Crippen LogP contribution in [-0.2, 0) is 6.42 Å². The number of ether oxygens (including phenoxy) is 1. The number of halogens is 1. The van der Waals surface area contributed by atoms with E-state index in [4.69, 9.17) is 21.4 Å². The molecule has 0 fully saturated rings. The van der Waals surface area contributed by atoms with Gasteiger partial charge < -0.3 is 15.2 Å². The third kappa shape index (κ3) is 5.96. The molecule has 2 aromatic rings.